The smallest absolute Gasteiger partial charge is 0.265 e. The van der Waals surface area contributed by atoms with Crippen molar-refractivity contribution < 1.29 is 9.53 Å². The van der Waals surface area contributed by atoms with Crippen molar-refractivity contribution in [1.29, 1.82) is 0 Å². The molecular weight excluding hydrogens is 436 g/mol. The van der Waals surface area contributed by atoms with Crippen molar-refractivity contribution in [1.82, 2.24) is 20.2 Å². The fourth-order valence-electron chi connectivity index (χ4n) is 6.00. The van der Waals surface area contributed by atoms with E-state index in [1.807, 2.05) is 29.3 Å². The van der Waals surface area contributed by atoms with Crippen molar-refractivity contribution in [2.75, 3.05) is 39.8 Å². The largest absolute Gasteiger partial charge is 0.497 e. The van der Waals surface area contributed by atoms with E-state index in [1.165, 1.54) is 24.8 Å². The Morgan fingerprint density at radius 3 is 2.71 bits per heavy atom. The Balaban J connectivity index is 1.44. The Labute approximate surface area is 209 Å². The van der Waals surface area contributed by atoms with E-state index in [0.717, 1.165) is 69.0 Å². The van der Waals surface area contributed by atoms with Crippen LogP contribution in [0.15, 0.2) is 55.1 Å². The van der Waals surface area contributed by atoms with Crippen LogP contribution in [-0.2, 0) is 6.54 Å². The number of fused-ring (bicyclic) bond motifs is 2. The summed E-state index contributed by atoms with van der Waals surface area (Å²) in [7, 11) is 1.70. The summed E-state index contributed by atoms with van der Waals surface area (Å²) in [5, 5.41) is 2.03. The van der Waals surface area contributed by atoms with E-state index in [2.05, 4.69) is 46.1 Å². The van der Waals surface area contributed by atoms with E-state index in [4.69, 9.17) is 4.74 Å². The number of hydrogen-bond donors (Lipinski definition) is 1. The van der Waals surface area contributed by atoms with Gasteiger partial charge in [0.2, 0.25) is 0 Å². The molecule has 2 unspecified atom stereocenters. The lowest BCUT2D eigenvalue weighted by atomic mass is 9.96. The molecule has 3 aliphatic heterocycles. The number of hydrogen-bond acceptors (Lipinski definition) is 5. The van der Waals surface area contributed by atoms with Gasteiger partial charge in [-0.25, -0.2) is 5.01 Å². The van der Waals surface area contributed by atoms with Gasteiger partial charge in [0.05, 0.1) is 7.11 Å². The number of ether oxygens (including phenoxy) is 1. The number of carbonyl (C=O) groups excluding carboxylic acids is 1. The number of methoxy groups -OCH3 is 1. The van der Waals surface area contributed by atoms with Gasteiger partial charge in [-0.3, -0.25) is 20.0 Å². The molecule has 3 aliphatic rings. The molecule has 0 spiro atoms. The maximum absolute atomic E-state index is 13.1. The Kier molecular flexibility index (Phi) is 7.51. The van der Waals surface area contributed by atoms with Crippen molar-refractivity contribution in [3.8, 4) is 16.9 Å². The molecule has 2 atom stereocenters. The van der Waals surface area contributed by atoms with Crippen molar-refractivity contribution in [3.05, 3.63) is 66.2 Å². The zero-order valence-electron chi connectivity index (χ0n) is 20.9. The molecule has 1 amide bonds. The van der Waals surface area contributed by atoms with Crippen LogP contribution in [-0.4, -0.2) is 72.6 Å². The molecule has 6 nitrogen and oxygen atoms in total. The van der Waals surface area contributed by atoms with E-state index in [9.17, 15) is 4.79 Å². The van der Waals surface area contributed by atoms with E-state index in [1.54, 1.807) is 7.11 Å². The van der Waals surface area contributed by atoms with Gasteiger partial charge in [0.1, 0.15) is 5.75 Å². The maximum Gasteiger partial charge on any atom is 0.265 e. The number of carbonyl (C=O) groups is 1. The first-order valence-corrected chi connectivity index (χ1v) is 13.1. The third kappa shape index (κ3) is 5.45. The Morgan fingerprint density at radius 1 is 1.09 bits per heavy atom. The van der Waals surface area contributed by atoms with Gasteiger partial charge in [0, 0.05) is 56.9 Å². The number of hydrazine groups is 1. The molecule has 35 heavy (non-hydrogen) atoms. The van der Waals surface area contributed by atoms with E-state index >= 15 is 0 Å². The Bertz CT molecular complexity index is 1050. The number of likely N-dealkylation sites (tertiary alicyclic amines) is 1. The summed E-state index contributed by atoms with van der Waals surface area (Å²) in [6.45, 7) is 9.91. The minimum absolute atomic E-state index is 0.0301. The Morgan fingerprint density at radius 2 is 1.91 bits per heavy atom. The first-order valence-electron chi connectivity index (χ1n) is 13.1. The highest BCUT2D eigenvalue weighted by Crippen LogP contribution is 2.35. The quantitative estimate of drug-likeness (QED) is 0.577. The molecule has 6 heteroatoms. The second-order valence-electron chi connectivity index (χ2n) is 10.1. The molecule has 0 aromatic heterocycles. The predicted octanol–water partition coefficient (Wildman–Crippen LogP) is 4.33. The van der Waals surface area contributed by atoms with Crippen molar-refractivity contribution in [3.63, 3.8) is 0 Å². The minimum Gasteiger partial charge on any atom is -0.497 e. The van der Waals surface area contributed by atoms with Gasteiger partial charge in [-0.2, -0.15) is 0 Å². The van der Waals surface area contributed by atoms with E-state index in [0.29, 0.717) is 17.6 Å². The fraction of sp³-hybridized carbons (Fsp3) is 0.483. The molecule has 2 aromatic rings. The maximum atomic E-state index is 13.1. The zero-order chi connectivity index (χ0) is 24.2. The van der Waals surface area contributed by atoms with Gasteiger partial charge in [-0.05, 0) is 73.1 Å². The number of nitrogens with one attached hydrogen (secondary N) is 1. The number of rotatable bonds is 8. The number of nitrogens with zero attached hydrogens (tertiary/aromatic N) is 3. The summed E-state index contributed by atoms with van der Waals surface area (Å²) in [5.74, 6) is 0.799. The zero-order valence-corrected chi connectivity index (χ0v) is 20.9. The topological polar surface area (TPSA) is 48.0 Å². The highest BCUT2D eigenvalue weighted by atomic mass is 16.5. The molecule has 5 rings (SSSR count). The van der Waals surface area contributed by atoms with Gasteiger partial charge in [0.25, 0.3) is 5.91 Å². The van der Waals surface area contributed by atoms with Crippen LogP contribution in [0, 0.1) is 0 Å². The highest BCUT2D eigenvalue weighted by Gasteiger charge is 2.37. The van der Waals surface area contributed by atoms with Crippen molar-refractivity contribution in [2.45, 2.75) is 50.7 Å². The molecule has 2 bridgehead atoms. The SMILES string of the molecule is C=CCN1CCC2CCC(C1)N2Cc1ccc(C(=O)NN2CCCC2)cc1-c1cccc(OC)c1. The van der Waals surface area contributed by atoms with Gasteiger partial charge in [-0.15, -0.1) is 6.58 Å². The fourth-order valence-corrected chi connectivity index (χ4v) is 6.00. The number of benzene rings is 2. The van der Waals surface area contributed by atoms with Crippen LogP contribution in [0.25, 0.3) is 11.1 Å². The second-order valence-corrected chi connectivity index (χ2v) is 10.1. The standard InChI is InChI=1S/C29H38N4O2/c1-3-14-31-17-13-25-11-12-26(21-31)33(25)20-24-10-9-23(29(34)30-32-15-4-5-16-32)19-28(24)22-7-6-8-27(18-22)35-2/h3,6-10,18-19,25-26H,1,4-5,11-17,20-21H2,2H3,(H,30,34). The first-order chi connectivity index (χ1) is 17.1. The molecule has 1 N–H and O–H groups in total. The lowest BCUT2D eigenvalue weighted by Crippen LogP contribution is -2.40. The monoisotopic (exact) mass is 474 g/mol. The first kappa shape index (κ1) is 24.0. The van der Waals surface area contributed by atoms with E-state index in [-0.39, 0.29) is 5.91 Å². The summed E-state index contributed by atoms with van der Waals surface area (Å²) in [6.07, 6.45) is 8.03. The van der Waals surface area contributed by atoms with Gasteiger partial charge >= 0.3 is 0 Å². The summed E-state index contributed by atoms with van der Waals surface area (Å²) in [6, 6.07) is 15.6. The van der Waals surface area contributed by atoms with Crippen molar-refractivity contribution >= 4 is 5.91 Å². The summed E-state index contributed by atoms with van der Waals surface area (Å²) in [4.78, 5) is 18.3. The molecule has 0 aliphatic carbocycles. The van der Waals surface area contributed by atoms with Crippen LogP contribution in [0.2, 0.25) is 0 Å². The lowest BCUT2D eigenvalue weighted by Gasteiger charge is -2.29. The van der Waals surface area contributed by atoms with Crippen molar-refractivity contribution in [2.24, 2.45) is 0 Å². The highest BCUT2D eigenvalue weighted by molar-refractivity contribution is 5.95. The van der Waals surface area contributed by atoms with Gasteiger partial charge < -0.3 is 4.74 Å². The average molecular weight is 475 g/mol. The molecule has 3 saturated heterocycles. The van der Waals surface area contributed by atoms with Crippen LogP contribution in [0.5, 0.6) is 5.75 Å². The average Bonchev–Trinajstić information content (AvgIpc) is 3.48. The van der Waals surface area contributed by atoms with Gasteiger partial charge in [0.15, 0.2) is 0 Å². The third-order valence-corrected chi connectivity index (χ3v) is 7.88. The Hall–Kier alpha value is -2.67. The van der Waals surface area contributed by atoms with Crippen LogP contribution >= 0.6 is 0 Å². The van der Waals surface area contributed by atoms with Crippen LogP contribution in [0.3, 0.4) is 0 Å². The van der Waals surface area contributed by atoms with E-state index < -0.39 is 0 Å². The minimum atomic E-state index is -0.0301. The molecule has 2 aromatic carbocycles. The second kappa shape index (κ2) is 10.9. The van der Waals surface area contributed by atoms with Gasteiger partial charge in [-0.1, -0.05) is 24.3 Å². The molecule has 0 radical (unpaired) electrons. The molecule has 0 saturated carbocycles. The molecule has 186 valence electrons. The summed E-state index contributed by atoms with van der Waals surface area (Å²) < 4.78 is 5.52. The normalized spacial score (nSPS) is 23.2. The van der Waals surface area contributed by atoms with Crippen LogP contribution in [0.1, 0.15) is 48.0 Å². The molecule has 3 heterocycles. The molecule has 3 fully saturated rings. The third-order valence-electron chi connectivity index (χ3n) is 7.88. The number of amides is 1. The summed E-state index contributed by atoms with van der Waals surface area (Å²) >= 11 is 0. The van der Waals surface area contributed by atoms with Crippen LogP contribution in [0.4, 0.5) is 0 Å². The predicted molar refractivity (Wildman–Crippen MR) is 140 cm³/mol. The molecular formula is C29H38N4O2. The van der Waals surface area contributed by atoms with Crippen LogP contribution < -0.4 is 10.2 Å². The lowest BCUT2D eigenvalue weighted by molar-refractivity contribution is 0.0826. The summed E-state index contributed by atoms with van der Waals surface area (Å²) in [5.41, 5.74) is 7.27.